The van der Waals surface area contributed by atoms with E-state index < -0.39 is 0 Å². The van der Waals surface area contributed by atoms with Crippen molar-refractivity contribution in [2.75, 3.05) is 26.2 Å². The maximum Gasteiger partial charge on any atom is 0.235 e. The molecule has 2 rings (SSSR count). The van der Waals surface area contributed by atoms with Crippen molar-refractivity contribution in [3.05, 3.63) is 29.8 Å². The summed E-state index contributed by atoms with van der Waals surface area (Å²) in [6.45, 7) is 5.52. The van der Waals surface area contributed by atoms with Gasteiger partial charge in [-0.1, -0.05) is 25.1 Å². The predicted molar refractivity (Wildman–Crippen MR) is 73.9 cm³/mol. The van der Waals surface area contributed by atoms with Crippen LogP contribution in [0.4, 0.5) is 0 Å². The Labute approximate surface area is 113 Å². The van der Waals surface area contributed by atoms with Gasteiger partial charge in [0.25, 0.3) is 0 Å². The fourth-order valence-electron chi connectivity index (χ4n) is 2.30. The highest BCUT2D eigenvalue weighted by molar-refractivity contribution is 5.80. The van der Waals surface area contributed by atoms with Gasteiger partial charge in [0.05, 0.1) is 6.04 Å². The summed E-state index contributed by atoms with van der Waals surface area (Å²) < 4.78 is 5.70. The Morgan fingerprint density at radius 3 is 3.05 bits per heavy atom. The van der Waals surface area contributed by atoms with Gasteiger partial charge in [-0.2, -0.15) is 0 Å². The number of rotatable bonds is 5. The average Bonchev–Trinajstić information content (AvgIpc) is 2.59. The Morgan fingerprint density at radius 1 is 1.53 bits per heavy atom. The Bertz CT molecular complexity index is 436. The molecule has 1 aliphatic rings. The van der Waals surface area contributed by atoms with E-state index in [4.69, 9.17) is 10.5 Å². The first-order valence-corrected chi connectivity index (χ1v) is 6.66. The number of carbonyl (C=O) groups excluding carboxylic acids is 1. The van der Waals surface area contributed by atoms with Crippen molar-refractivity contribution in [3.8, 4) is 5.75 Å². The van der Waals surface area contributed by atoms with E-state index in [1.165, 1.54) is 0 Å². The van der Waals surface area contributed by atoms with E-state index in [1.54, 1.807) is 0 Å². The van der Waals surface area contributed by atoms with Crippen molar-refractivity contribution < 1.29 is 9.53 Å². The lowest BCUT2D eigenvalue weighted by Crippen LogP contribution is -2.49. The summed E-state index contributed by atoms with van der Waals surface area (Å²) in [5.41, 5.74) is 6.57. The van der Waals surface area contributed by atoms with E-state index in [0.717, 1.165) is 30.9 Å². The molecule has 1 aromatic carbocycles. The van der Waals surface area contributed by atoms with Crippen molar-refractivity contribution in [2.45, 2.75) is 19.5 Å². The van der Waals surface area contributed by atoms with Gasteiger partial charge in [0.15, 0.2) is 0 Å². The lowest BCUT2D eigenvalue weighted by Gasteiger charge is -2.24. The fraction of sp³-hybridized carbons (Fsp3) is 0.500. The molecule has 0 saturated heterocycles. The Kier molecular flexibility index (Phi) is 4.76. The molecular weight excluding hydrogens is 242 g/mol. The number of hydrogen-bond acceptors (Lipinski definition) is 4. The number of para-hydroxylation sites is 1. The fourth-order valence-corrected chi connectivity index (χ4v) is 2.30. The maximum atomic E-state index is 11.4. The van der Waals surface area contributed by atoms with Crippen LogP contribution < -0.4 is 15.8 Å². The van der Waals surface area contributed by atoms with Gasteiger partial charge in [-0.15, -0.1) is 0 Å². The van der Waals surface area contributed by atoms with E-state index in [1.807, 2.05) is 25.1 Å². The Balaban J connectivity index is 2.03. The minimum absolute atomic E-state index is 0.305. The first-order chi connectivity index (χ1) is 9.20. The number of benzene rings is 1. The zero-order chi connectivity index (χ0) is 13.7. The first kappa shape index (κ1) is 13.8. The van der Waals surface area contributed by atoms with E-state index in [-0.39, 0.29) is 11.9 Å². The highest BCUT2D eigenvalue weighted by atomic mass is 16.5. The van der Waals surface area contributed by atoms with Gasteiger partial charge in [-0.25, -0.2) is 0 Å². The molecule has 0 aliphatic carbocycles. The minimum Gasteiger partial charge on any atom is -0.492 e. The quantitative estimate of drug-likeness (QED) is 0.804. The predicted octanol–water partition coefficient (Wildman–Crippen LogP) is 0.344. The second-order valence-electron chi connectivity index (χ2n) is 4.70. The maximum absolute atomic E-state index is 11.4. The second-order valence-corrected chi connectivity index (χ2v) is 4.70. The molecule has 1 heterocycles. The Morgan fingerprint density at radius 2 is 2.32 bits per heavy atom. The zero-order valence-corrected chi connectivity index (χ0v) is 11.3. The number of nitrogens with two attached hydrogens (primary N) is 1. The molecule has 1 unspecified atom stereocenters. The third-order valence-corrected chi connectivity index (χ3v) is 3.27. The standard InChI is InChI=1S/C14H21N3O2/c1-2-16-12(14(15)18)10-17-7-8-19-13-6-4-3-5-11(13)9-17/h3-6,12,16H,2,7-10H2,1H3,(H2,15,18). The topological polar surface area (TPSA) is 67.6 Å². The smallest absolute Gasteiger partial charge is 0.235 e. The lowest BCUT2D eigenvalue weighted by molar-refractivity contribution is -0.120. The van der Waals surface area contributed by atoms with Crippen LogP contribution in [0.2, 0.25) is 0 Å². The summed E-state index contributed by atoms with van der Waals surface area (Å²) in [4.78, 5) is 13.6. The van der Waals surface area contributed by atoms with Gasteiger partial charge in [0.2, 0.25) is 5.91 Å². The van der Waals surface area contributed by atoms with Crippen LogP contribution in [-0.4, -0.2) is 43.1 Å². The van der Waals surface area contributed by atoms with E-state index in [9.17, 15) is 4.79 Å². The van der Waals surface area contributed by atoms with Crippen LogP contribution in [0.3, 0.4) is 0 Å². The number of amides is 1. The molecule has 0 spiro atoms. The molecule has 19 heavy (non-hydrogen) atoms. The van der Waals surface area contributed by atoms with Gasteiger partial charge in [0, 0.05) is 25.2 Å². The van der Waals surface area contributed by atoms with E-state index in [0.29, 0.717) is 13.2 Å². The molecule has 5 nitrogen and oxygen atoms in total. The summed E-state index contributed by atoms with van der Waals surface area (Å²) >= 11 is 0. The summed E-state index contributed by atoms with van der Waals surface area (Å²) in [5, 5.41) is 3.12. The van der Waals surface area contributed by atoms with Crippen molar-refractivity contribution in [1.29, 1.82) is 0 Å². The number of nitrogens with one attached hydrogen (secondary N) is 1. The van der Waals surface area contributed by atoms with Crippen LogP contribution in [0, 0.1) is 0 Å². The molecule has 5 heteroatoms. The number of fused-ring (bicyclic) bond motifs is 1. The molecule has 0 bridgehead atoms. The number of nitrogens with zero attached hydrogens (tertiary/aromatic N) is 1. The van der Waals surface area contributed by atoms with Crippen LogP contribution in [0.25, 0.3) is 0 Å². The lowest BCUT2D eigenvalue weighted by atomic mass is 10.1. The molecule has 1 aromatic rings. The van der Waals surface area contributed by atoms with Crippen LogP contribution >= 0.6 is 0 Å². The number of carbonyl (C=O) groups is 1. The minimum atomic E-state index is -0.310. The van der Waals surface area contributed by atoms with Crippen LogP contribution in [0.15, 0.2) is 24.3 Å². The van der Waals surface area contributed by atoms with E-state index >= 15 is 0 Å². The molecule has 0 fully saturated rings. The third-order valence-electron chi connectivity index (χ3n) is 3.27. The van der Waals surface area contributed by atoms with Gasteiger partial charge >= 0.3 is 0 Å². The highest BCUT2D eigenvalue weighted by Gasteiger charge is 2.21. The van der Waals surface area contributed by atoms with Crippen LogP contribution in [0.5, 0.6) is 5.75 Å². The van der Waals surface area contributed by atoms with Crippen molar-refractivity contribution in [3.63, 3.8) is 0 Å². The summed E-state index contributed by atoms with van der Waals surface area (Å²) in [6, 6.07) is 7.70. The van der Waals surface area contributed by atoms with Crippen LogP contribution in [0.1, 0.15) is 12.5 Å². The van der Waals surface area contributed by atoms with Gasteiger partial charge in [-0.05, 0) is 12.6 Å². The summed E-state index contributed by atoms with van der Waals surface area (Å²) in [6.07, 6.45) is 0. The number of likely N-dealkylation sites (N-methyl/N-ethyl adjacent to an activating group) is 1. The average molecular weight is 263 g/mol. The van der Waals surface area contributed by atoms with Crippen LogP contribution in [-0.2, 0) is 11.3 Å². The zero-order valence-electron chi connectivity index (χ0n) is 11.3. The monoisotopic (exact) mass is 263 g/mol. The highest BCUT2D eigenvalue weighted by Crippen LogP contribution is 2.22. The van der Waals surface area contributed by atoms with Crippen molar-refractivity contribution in [1.82, 2.24) is 10.2 Å². The summed E-state index contributed by atoms with van der Waals surface area (Å²) in [7, 11) is 0. The largest absolute Gasteiger partial charge is 0.492 e. The molecule has 0 aromatic heterocycles. The molecule has 1 atom stereocenters. The molecule has 1 amide bonds. The molecule has 0 saturated carbocycles. The molecule has 104 valence electrons. The van der Waals surface area contributed by atoms with Crippen molar-refractivity contribution >= 4 is 5.91 Å². The van der Waals surface area contributed by atoms with E-state index in [2.05, 4.69) is 16.3 Å². The molecule has 0 radical (unpaired) electrons. The molecule has 3 N–H and O–H groups in total. The number of ether oxygens (including phenoxy) is 1. The molecule has 1 aliphatic heterocycles. The first-order valence-electron chi connectivity index (χ1n) is 6.66. The van der Waals surface area contributed by atoms with Crippen molar-refractivity contribution in [2.24, 2.45) is 5.73 Å². The van der Waals surface area contributed by atoms with Gasteiger partial charge < -0.3 is 15.8 Å². The molecular formula is C14H21N3O2. The number of primary amides is 1. The summed E-state index contributed by atoms with van der Waals surface area (Å²) in [5.74, 6) is 0.629. The Hall–Kier alpha value is -1.59. The SMILES string of the molecule is CCNC(CN1CCOc2ccccc2C1)C(N)=O. The second kappa shape index (κ2) is 6.54. The third kappa shape index (κ3) is 3.68. The van der Waals surface area contributed by atoms with Gasteiger partial charge in [-0.3, -0.25) is 9.69 Å². The number of hydrogen-bond donors (Lipinski definition) is 2. The normalized spacial score (nSPS) is 17.1. The van der Waals surface area contributed by atoms with Gasteiger partial charge in [0.1, 0.15) is 12.4 Å².